The minimum Gasteiger partial charge on any atom is -0.467 e. The standard InChI is InChI=1S/C16H19NO10/c1-8(19)25-12-6-13(27-15(14(12)20)16(21)24-2)26-11-4-3-9(7-18)5-10(11)17(22)23/h3-5,12-15,18,20H,6-7H2,1-2H3/t12-,13-,14+,15+/m1/s1. The molecule has 27 heavy (non-hydrogen) atoms. The number of rotatable bonds is 6. The summed E-state index contributed by atoms with van der Waals surface area (Å²) in [7, 11) is 1.09. The number of ether oxygens (including phenoxy) is 4. The fourth-order valence-corrected chi connectivity index (χ4v) is 2.59. The van der Waals surface area contributed by atoms with Gasteiger partial charge in [-0.1, -0.05) is 6.07 Å². The lowest BCUT2D eigenvalue weighted by atomic mass is 10.0. The highest BCUT2D eigenvalue weighted by atomic mass is 16.7. The Balaban J connectivity index is 2.27. The number of hydrogen-bond acceptors (Lipinski definition) is 10. The normalized spacial score (nSPS) is 24.7. The number of carbonyl (C=O) groups excluding carboxylic acids is 2. The van der Waals surface area contributed by atoms with Crippen molar-refractivity contribution in [2.75, 3.05) is 7.11 Å². The number of esters is 2. The maximum atomic E-state index is 11.8. The summed E-state index contributed by atoms with van der Waals surface area (Å²) in [4.78, 5) is 33.6. The molecule has 148 valence electrons. The van der Waals surface area contributed by atoms with Crippen molar-refractivity contribution >= 4 is 17.6 Å². The molecule has 1 aromatic rings. The van der Waals surface area contributed by atoms with E-state index < -0.39 is 53.8 Å². The summed E-state index contributed by atoms with van der Waals surface area (Å²) in [5.74, 6) is -1.79. The van der Waals surface area contributed by atoms with E-state index in [-0.39, 0.29) is 12.2 Å². The molecule has 1 aliphatic rings. The van der Waals surface area contributed by atoms with Gasteiger partial charge in [0.05, 0.1) is 18.6 Å². The van der Waals surface area contributed by atoms with Crippen LogP contribution in [0.3, 0.4) is 0 Å². The lowest BCUT2D eigenvalue weighted by Gasteiger charge is -2.36. The van der Waals surface area contributed by atoms with Crippen molar-refractivity contribution in [1.29, 1.82) is 0 Å². The highest BCUT2D eigenvalue weighted by Crippen LogP contribution is 2.32. The molecule has 0 saturated carbocycles. The predicted octanol–water partition coefficient (Wildman–Crippen LogP) is 0.0465. The SMILES string of the molecule is COC(=O)[C@H]1O[C@@H](Oc2ccc(CO)cc2[N+](=O)[O-])C[C@@H](OC(C)=O)[C@@H]1O. The zero-order chi connectivity index (χ0) is 20.1. The molecule has 0 radical (unpaired) electrons. The minimum atomic E-state index is -1.51. The average molecular weight is 385 g/mol. The summed E-state index contributed by atoms with van der Waals surface area (Å²) in [5, 5.41) is 30.5. The third-order valence-electron chi connectivity index (χ3n) is 3.83. The van der Waals surface area contributed by atoms with E-state index in [1.54, 1.807) is 0 Å². The van der Waals surface area contributed by atoms with E-state index in [1.807, 2.05) is 0 Å². The van der Waals surface area contributed by atoms with Crippen molar-refractivity contribution in [3.8, 4) is 5.75 Å². The lowest BCUT2D eigenvalue weighted by Crippen LogP contribution is -2.54. The van der Waals surface area contributed by atoms with Crippen LogP contribution in [0.5, 0.6) is 5.75 Å². The molecule has 1 aliphatic heterocycles. The third kappa shape index (κ3) is 4.90. The molecule has 0 bridgehead atoms. The Morgan fingerprint density at radius 3 is 2.67 bits per heavy atom. The summed E-state index contributed by atoms with van der Waals surface area (Å²) in [6.07, 6.45) is -5.55. The number of carbonyl (C=O) groups is 2. The van der Waals surface area contributed by atoms with Crippen molar-refractivity contribution in [2.45, 2.75) is 44.6 Å². The first-order chi connectivity index (χ1) is 12.8. The Kier molecular flexibility index (Phi) is 6.66. The largest absolute Gasteiger partial charge is 0.467 e. The third-order valence-corrected chi connectivity index (χ3v) is 3.83. The first-order valence-corrected chi connectivity index (χ1v) is 7.90. The van der Waals surface area contributed by atoms with E-state index in [1.165, 1.54) is 12.1 Å². The van der Waals surface area contributed by atoms with Gasteiger partial charge in [0.1, 0.15) is 12.2 Å². The van der Waals surface area contributed by atoms with Gasteiger partial charge in [0.15, 0.2) is 11.9 Å². The molecule has 0 aliphatic carbocycles. The van der Waals surface area contributed by atoms with E-state index in [4.69, 9.17) is 19.3 Å². The molecule has 1 aromatic carbocycles. The number of aliphatic hydroxyl groups excluding tert-OH is 2. The molecule has 2 N–H and O–H groups in total. The Morgan fingerprint density at radius 2 is 2.11 bits per heavy atom. The highest BCUT2D eigenvalue weighted by molar-refractivity contribution is 5.75. The van der Waals surface area contributed by atoms with Crippen LogP contribution >= 0.6 is 0 Å². The lowest BCUT2D eigenvalue weighted by molar-refractivity contribution is -0.386. The van der Waals surface area contributed by atoms with Crippen molar-refractivity contribution in [3.63, 3.8) is 0 Å². The second-order valence-corrected chi connectivity index (χ2v) is 5.72. The van der Waals surface area contributed by atoms with Gasteiger partial charge in [0.25, 0.3) is 0 Å². The summed E-state index contributed by atoms with van der Waals surface area (Å²) in [5.41, 5.74) is -0.116. The smallest absolute Gasteiger partial charge is 0.338 e. The van der Waals surface area contributed by atoms with Crippen molar-refractivity contribution in [3.05, 3.63) is 33.9 Å². The summed E-state index contributed by atoms with van der Waals surface area (Å²) in [6.45, 7) is 0.732. The zero-order valence-corrected chi connectivity index (χ0v) is 14.6. The second-order valence-electron chi connectivity index (χ2n) is 5.72. The second kappa shape index (κ2) is 8.75. The molecule has 11 nitrogen and oxygen atoms in total. The fourth-order valence-electron chi connectivity index (χ4n) is 2.59. The van der Waals surface area contributed by atoms with Crippen LogP contribution in [0.25, 0.3) is 0 Å². The average Bonchev–Trinajstić information content (AvgIpc) is 2.63. The quantitative estimate of drug-likeness (QED) is 0.390. The van der Waals surface area contributed by atoms with E-state index in [2.05, 4.69) is 4.74 Å². The number of nitro benzene ring substituents is 1. The molecule has 0 amide bonds. The van der Waals surface area contributed by atoms with Gasteiger partial charge < -0.3 is 29.2 Å². The number of benzene rings is 1. The van der Waals surface area contributed by atoms with Gasteiger partial charge in [-0.05, 0) is 11.6 Å². The molecule has 2 rings (SSSR count). The minimum absolute atomic E-state index is 0.173. The molecule has 1 fully saturated rings. The van der Waals surface area contributed by atoms with Crippen LogP contribution in [0.2, 0.25) is 0 Å². The van der Waals surface area contributed by atoms with Crippen LogP contribution in [-0.2, 0) is 30.4 Å². The molecular weight excluding hydrogens is 366 g/mol. The molecule has 1 heterocycles. The monoisotopic (exact) mass is 385 g/mol. The van der Waals surface area contributed by atoms with Gasteiger partial charge in [0, 0.05) is 19.4 Å². The van der Waals surface area contributed by atoms with Crippen molar-refractivity contribution in [2.24, 2.45) is 0 Å². The molecule has 0 aromatic heterocycles. The molecular formula is C16H19NO10. The highest BCUT2D eigenvalue weighted by Gasteiger charge is 2.45. The molecule has 1 saturated heterocycles. The summed E-state index contributed by atoms with van der Waals surface area (Å²) >= 11 is 0. The Labute approximate surface area is 153 Å². The topological polar surface area (TPSA) is 155 Å². The van der Waals surface area contributed by atoms with Gasteiger partial charge in [-0.2, -0.15) is 0 Å². The Morgan fingerprint density at radius 1 is 1.41 bits per heavy atom. The maximum Gasteiger partial charge on any atom is 0.338 e. The van der Waals surface area contributed by atoms with Gasteiger partial charge in [-0.3, -0.25) is 14.9 Å². The fraction of sp³-hybridized carbons (Fsp3) is 0.500. The van der Waals surface area contributed by atoms with E-state index in [9.17, 15) is 24.8 Å². The van der Waals surface area contributed by atoms with Crippen LogP contribution in [0.4, 0.5) is 5.69 Å². The molecule has 0 unspecified atom stereocenters. The van der Waals surface area contributed by atoms with Crippen molar-refractivity contribution < 1.29 is 43.7 Å². The van der Waals surface area contributed by atoms with Crippen LogP contribution in [-0.4, -0.2) is 58.8 Å². The molecule has 11 heteroatoms. The Bertz CT molecular complexity index is 721. The molecule has 4 atom stereocenters. The van der Waals surface area contributed by atoms with Gasteiger partial charge in [-0.15, -0.1) is 0 Å². The van der Waals surface area contributed by atoms with Crippen LogP contribution in [0.15, 0.2) is 18.2 Å². The van der Waals surface area contributed by atoms with Gasteiger partial charge >= 0.3 is 17.6 Å². The van der Waals surface area contributed by atoms with Gasteiger partial charge in [0.2, 0.25) is 6.29 Å². The maximum absolute atomic E-state index is 11.8. The van der Waals surface area contributed by atoms with Crippen molar-refractivity contribution in [1.82, 2.24) is 0 Å². The first-order valence-electron chi connectivity index (χ1n) is 7.90. The van der Waals surface area contributed by atoms with Crippen LogP contribution in [0.1, 0.15) is 18.9 Å². The van der Waals surface area contributed by atoms with E-state index in [0.29, 0.717) is 5.56 Å². The van der Waals surface area contributed by atoms with Gasteiger partial charge in [-0.25, -0.2) is 4.79 Å². The first kappa shape index (κ1) is 20.6. The molecule has 0 spiro atoms. The van der Waals surface area contributed by atoms with Crippen LogP contribution in [0, 0.1) is 10.1 Å². The zero-order valence-electron chi connectivity index (χ0n) is 14.6. The number of aliphatic hydroxyl groups is 2. The van der Waals surface area contributed by atoms with E-state index >= 15 is 0 Å². The number of hydrogen-bond donors (Lipinski definition) is 2. The van der Waals surface area contributed by atoms with Crippen LogP contribution < -0.4 is 4.74 Å². The summed E-state index contributed by atoms with van der Waals surface area (Å²) in [6, 6.07) is 3.82. The van der Waals surface area contributed by atoms with E-state index in [0.717, 1.165) is 20.1 Å². The Hall–Kier alpha value is -2.76. The number of nitrogens with zero attached hydrogens (tertiary/aromatic N) is 1. The number of nitro groups is 1. The number of methoxy groups -OCH3 is 1. The summed E-state index contributed by atoms with van der Waals surface area (Å²) < 4.78 is 20.4. The predicted molar refractivity (Wildman–Crippen MR) is 86.5 cm³/mol.